The Hall–Kier alpha value is -2.20. The number of nitrogens with zero attached hydrogens (tertiary/aromatic N) is 4. The lowest BCUT2D eigenvalue weighted by molar-refractivity contribution is -0.385. The standard InChI is InChI=1S/C17H19F3N4O2S/c1-2-16-21-12(11-27-16)10-22-5-7-23(8-6-22)15-4-3-13(24(25)26)9-14(15)17(18,19)20/h3-4,9,11H,2,5-8,10H2,1H3. The summed E-state index contributed by atoms with van der Waals surface area (Å²) in [6.45, 7) is 4.78. The third-order valence-corrected chi connectivity index (χ3v) is 5.54. The van der Waals surface area contributed by atoms with Crippen LogP contribution in [-0.4, -0.2) is 41.0 Å². The molecule has 3 rings (SSSR count). The van der Waals surface area contributed by atoms with Gasteiger partial charge < -0.3 is 4.90 Å². The van der Waals surface area contributed by atoms with Gasteiger partial charge in [-0.1, -0.05) is 6.92 Å². The highest BCUT2D eigenvalue weighted by atomic mass is 32.1. The number of nitro benzene ring substituents is 1. The minimum Gasteiger partial charge on any atom is -0.368 e. The fourth-order valence-corrected chi connectivity index (χ4v) is 3.84. The number of hydrogen-bond donors (Lipinski definition) is 0. The number of nitro groups is 1. The van der Waals surface area contributed by atoms with E-state index in [1.54, 1.807) is 16.2 Å². The van der Waals surface area contributed by atoms with Crippen molar-refractivity contribution in [3.8, 4) is 0 Å². The summed E-state index contributed by atoms with van der Waals surface area (Å²) >= 11 is 1.62. The molecule has 1 aliphatic heterocycles. The molecule has 10 heteroatoms. The van der Waals surface area contributed by atoms with E-state index in [2.05, 4.69) is 9.88 Å². The van der Waals surface area contributed by atoms with Crippen molar-refractivity contribution in [2.75, 3.05) is 31.1 Å². The second kappa shape index (κ2) is 7.81. The molecule has 0 amide bonds. The van der Waals surface area contributed by atoms with E-state index in [0.717, 1.165) is 23.2 Å². The van der Waals surface area contributed by atoms with Crippen molar-refractivity contribution in [1.82, 2.24) is 9.88 Å². The van der Waals surface area contributed by atoms with E-state index < -0.39 is 22.4 Å². The van der Waals surface area contributed by atoms with E-state index in [0.29, 0.717) is 38.8 Å². The quantitative estimate of drug-likeness (QED) is 0.562. The lowest BCUT2D eigenvalue weighted by Gasteiger charge is -2.36. The Labute approximate surface area is 158 Å². The zero-order chi connectivity index (χ0) is 19.6. The van der Waals surface area contributed by atoms with Gasteiger partial charge in [0.05, 0.1) is 21.2 Å². The molecule has 0 unspecified atom stereocenters. The number of alkyl halides is 3. The molecule has 2 aromatic rings. The molecule has 0 spiro atoms. The van der Waals surface area contributed by atoms with Crippen LogP contribution in [0, 0.1) is 10.1 Å². The normalized spacial score (nSPS) is 15.9. The van der Waals surface area contributed by atoms with Crippen LogP contribution in [0.25, 0.3) is 0 Å². The van der Waals surface area contributed by atoms with Crippen LogP contribution < -0.4 is 4.90 Å². The number of aryl methyl sites for hydroxylation is 1. The molecule has 1 aromatic carbocycles. The van der Waals surface area contributed by atoms with Gasteiger partial charge in [-0.15, -0.1) is 11.3 Å². The molecule has 1 fully saturated rings. The Morgan fingerprint density at radius 1 is 1.26 bits per heavy atom. The summed E-state index contributed by atoms with van der Waals surface area (Å²) in [7, 11) is 0. The first-order valence-electron chi connectivity index (χ1n) is 8.54. The average Bonchev–Trinajstić information content (AvgIpc) is 3.08. The first-order valence-corrected chi connectivity index (χ1v) is 9.42. The van der Waals surface area contributed by atoms with E-state index in [1.807, 2.05) is 12.3 Å². The number of piperazine rings is 1. The zero-order valence-corrected chi connectivity index (χ0v) is 15.5. The second-order valence-electron chi connectivity index (χ2n) is 6.31. The summed E-state index contributed by atoms with van der Waals surface area (Å²) in [5, 5.41) is 13.9. The van der Waals surface area contributed by atoms with Crippen LogP contribution in [0.4, 0.5) is 24.5 Å². The van der Waals surface area contributed by atoms with Crippen LogP contribution in [0.15, 0.2) is 23.6 Å². The predicted molar refractivity (Wildman–Crippen MR) is 97.1 cm³/mol. The number of halogens is 3. The van der Waals surface area contributed by atoms with Gasteiger partial charge in [-0.2, -0.15) is 13.2 Å². The van der Waals surface area contributed by atoms with Gasteiger partial charge in [-0.3, -0.25) is 15.0 Å². The second-order valence-corrected chi connectivity index (χ2v) is 7.25. The van der Waals surface area contributed by atoms with Gasteiger partial charge in [0.1, 0.15) is 0 Å². The van der Waals surface area contributed by atoms with Crippen molar-refractivity contribution < 1.29 is 18.1 Å². The van der Waals surface area contributed by atoms with Crippen LogP contribution in [-0.2, 0) is 19.1 Å². The van der Waals surface area contributed by atoms with Crippen molar-refractivity contribution in [3.63, 3.8) is 0 Å². The molecule has 2 heterocycles. The fraction of sp³-hybridized carbons (Fsp3) is 0.471. The molecule has 27 heavy (non-hydrogen) atoms. The average molecular weight is 400 g/mol. The molecule has 0 bridgehead atoms. The van der Waals surface area contributed by atoms with Gasteiger partial charge in [-0.05, 0) is 12.5 Å². The minimum absolute atomic E-state index is 0.00493. The van der Waals surface area contributed by atoms with Crippen LogP contribution in [0.5, 0.6) is 0 Å². The molecule has 0 saturated carbocycles. The van der Waals surface area contributed by atoms with E-state index in [1.165, 1.54) is 6.07 Å². The Balaban J connectivity index is 1.71. The molecule has 1 saturated heterocycles. The van der Waals surface area contributed by atoms with Gasteiger partial charge in [0.25, 0.3) is 5.69 Å². The lowest BCUT2D eigenvalue weighted by atomic mass is 10.1. The van der Waals surface area contributed by atoms with Gasteiger partial charge in [-0.25, -0.2) is 4.98 Å². The van der Waals surface area contributed by atoms with Crippen molar-refractivity contribution in [3.05, 3.63) is 50.0 Å². The Bertz CT molecular complexity index is 817. The van der Waals surface area contributed by atoms with Crippen molar-refractivity contribution in [2.45, 2.75) is 26.1 Å². The molecule has 146 valence electrons. The highest BCUT2D eigenvalue weighted by Crippen LogP contribution is 2.39. The number of rotatable bonds is 5. The summed E-state index contributed by atoms with van der Waals surface area (Å²) in [6, 6.07) is 2.94. The van der Waals surface area contributed by atoms with Crippen LogP contribution in [0.1, 0.15) is 23.2 Å². The van der Waals surface area contributed by atoms with Crippen molar-refractivity contribution in [1.29, 1.82) is 0 Å². The van der Waals surface area contributed by atoms with E-state index in [9.17, 15) is 23.3 Å². The van der Waals surface area contributed by atoms with Crippen LogP contribution in [0.3, 0.4) is 0 Å². The largest absolute Gasteiger partial charge is 0.418 e. The monoisotopic (exact) mass is 400 g/mol. The van der Waals surface area contributed by atoms with Gasteiger partial charge in [0, 0.05) is 55.9 Å². The molecule has 1 aromatic heterocycles. The van der Waals surface area contributed by atoms with Gasteiger partial charge in [0.15, 0.2) is 0 Å². The topological polar surface area (TPSA) is 62.5 Å². The molecule has 6 nitrogen and oxygen atoms in total. The molecular formula is C17H19F3N4O2S. The van der Waals surface area contributed by atoms with E-state index in [4.69, 9.17) is 0 Å². The highest BCUT2D eigenvalue weighted by molar-refractivity contribution is 7.09. The molecule has 0 radical (unpaired) electrons. The van der Waals surface area contributed by atoms with Crippen molar-refractivity contribution >= 4 is 22.7 Å². The Kier molecular flexibility index (Phi) is 5.66. The first-order chi connectivity index (χ1) is 12.8. The van der Waals surface area contributed by atoms with Crippen molar-refractivity contribution in [2.24, 2.45) is 0 Å². The maximum atomic E-state index is 13.4. The summed E-state index contributed by atoms with van der Waals surface area (Å²) in [4.78, 5) is 18.3. The predicted octanol–water partition coefficient (Wildman–Crippen LogP) is 3.95. The van der Waals surface area contributed by atoms with E-state index >= 15 is 0 Å². The Morgan fingerprint density at radius 2 is 1.96 bits per heavy atom. The van der Waals surface area contributed by atoms with Gasteiger partial charge >= 0.3 is 6.18 Å². The third kappa shape index (κ3) is 4.56. The summed E-state index contributed by atoms with van der Waals surface area (Å²) in [6.07, 6.45) is -3.76. The van der Waals surface area contributed by atoms with Crippen LogP contribution in [0.2, 0.25) is 0 Å². The van der Waals surface area contributed by atoms with E-state index in [-0.39, 0.29) is 5.69 Å². The highest BCUT2D eigenvalue weighted by Gasteiger charge is 2.37. The maximum absolute atomic E-state index is 13.4. The minimum atomic E-state index is -4.64. The molecule has 0 atom stereocenters. The number of benzene rings is 1. The molecule has 1 aliphatic rings. The molecule has 0 aliphatic carbocycles. The SMILES string of the molecule is CCc1nc(CN2CCN(c3ccc([N+](=O)[O-])cc3C(F)(F)F)CC2)cs1. The smallest absolute Gasteiger partial charge is 0.368 e. The number of hydrogen-bond acceptors (Lipinski definition) is 6. The number of non-ortho nitro benzene ring substituents is 1. The molecular weight excluding hydrogens is 381 g/mol. The third-order valence-electron chi connectivity index (χ3n) is 4.50. The summed E-state index contributed by atoms with van der Waals surface area (Å²) in [5.74, 6) is 0. The summed E-state index contributed by atoms with van der Waals surface area (Å²) < 4.78 is 40.1. The lowest BCUT2D eigenvalue weighted by Crippen LogP contribution is -2.46. The fourth-order valence-electron chi connectivity index (χ4n) is 3.10. The summed E-state index contributed by atoms with van der Waals surface area (Å²) in [5.41, 5.74) is -0.538. The number of anilines is 1. The number of aromatic nitrogens is 1. The van der Waals surface area contributed by atoms with Crippen LogP contribution >= 0.6 is 11.3 Å². The maximum Gasteiger partial charge on any atom is 0.418 e. The van der Waals surface area contributed by atoms with Gasteiger partial charge in [0.2, 0.25) is 0 Å². The Morgan fingerprint density at radius 3 is 2.52 bits per heavy atom. The number of thiazole rings is 1. The molecule has 0 N–H and O–H groups in total. The first kappa shape index (κ1) is 19.6. The zero-order valence-electron chi connectivity index (χ0n) is 14.7.